The van der Waals surface area contributed by atoms with Gasteiger partial charge in [0.25, 0.3) is 0 Å². The van der Waals surface area contributed by atoms with Crippen LogP contribution in [0.4, 0.5) is 4.79 Å². The maximum Gasteiger partial charge on any atom is 0.313 e. The summed E-state index contributed by atoms with van der Waals surface area (Å²) >= 11 is 15.9. The van der Waals surface area contributed by atoms with Crippen molar-refractivity contribution in [3.8, 4) is 0 Å². The third kappa shape index (κ3) is 8.24. The Bertz CT molecular complexity index is 181. The summed E-state index contributed by atoms with van der Waals surface area (Å²) in [7, 11) is 0. The summed E-state index contributed by atoms with van der Waals surface area (Å²) in [6.45, 7) is 0. The van der Waals surface area contributed by atoms with Gasteiger partial charge in [0.2, 0.25) is 0 Å². The highest BCUT2D eigenvalue weighted by molar-refractivity contribution is 7.08. The molecule has 0 aliphatic carbocycles. The Balaban J connectivity index is 0.000000180. The molecule has 0 radical (unpaired) electrons. The van der Waals surface area contributed by atoms with Gasteiger partial charge in [-0.2, -0.15) is 11.3 Å². The monoisotopic (exact) mass is 216 g/mol. The van der Waals surface area contributed by atoms with Crippen LogP contribution >= 0.6 is 46.1 Å². The van der Waals surface area contributed by atoms with Gasteiger partial charge in [-0.05, 0) is 34.6 Å². The molecule has 1 heterocycles. The van der Waals surface area contributed by atoms with Crippen LogP contribution in [0.25, 0.3) is 0 Å². The summed E-state index contributed by atoms with van der Waals surface area (Å²) in [5.74, 6) is 0. The van der Waals surface area contributed by atoms with E-state index in [2.05, 4.69) is 23.2 Å². The van der Waals surface area contributed by atoms with Gasteiger partial charge in [0.1, 0.15) is 0 Å². The van der Waals surface area contributed by atoms with Crippen LogP contribution < -0.4 is 0 Å². The molecule has 0 spiro atoms. The summed E-state index contributed by atoms with van der Waals surface area (Å²) in [5.41, 5.74) is 0. The van der Waals surface area contributed by atoms with Crippen molar-refractivity contribution in [3.63, 3.8) is 0 Å². The summed E-state index contributed by atoms with van der Waals surface area (Å²) in [5, 5.41) is 4.67. The van der Waals surface area contributed by atoms with Crippen molar-refractivity contribution in [2.45, 2.75) is 0 Å². The van der Waals surface area contributed by atoms with E-state index in [-0.39, 0.29) is 0 Å². The molecule has 0 amide bonds. The van der Waals surface area contributed by atoms with E-state index in [1.54, 1.807) is 11.3 Å². The second-order valence-electron chi connectivity index (χ2n) is 1.17. The number of carbonyl (C=O) groups is 1. The van der Waals surface area contributed by atoms with Gasteiger partial charge in [0, 0.05) is 5.38 Å². The predicted octanol–water partition coefficient (Wildman–Crippen LogP) is 3.99. The molecule has 1 aromatic rings. The lowest BCUT2D eigenvalue weighted by atomic mass is 10.7. The highest BCUT2D eigenvalue weighted by Crippen LogP contribution is 2.10. The average molecular weight is 218 g/mol. The fourth-order valence-electron chi connectivity index (χ4n) is 0.248. The molecule has 0 saturated heterocycles. The minimum Gasteiger partial charge on any atom is -0.262 e. The van der Waals surface area contributed by atoms with Gasteiger partial charge in [-0.1, -0.05) is 11.6 Å². The topological polar surface area (TPSA) is 17.1 Å². The van der Waals surface area contributed by atoms with E-state index in [4.69, 9.17) is 16.4 Å². The molecule has 0 aliphatic heterocycles. The van der Waals surface area contributed by atoms with Crippen LogP contribution in [0.15, 0.2) is 16.8 Å². The molecule has 0 unspecified atom stereocenters. The predicted molar refractivity (Wildman–Crippen MR) is 46.4 cm³/mol. The summed E-state index contributed by atoms with van der Waals surface area (Å²) in [4.78, 5) is 8.98. The van der Waals surface area contributed by atoms with Gasteiger partial charge in [0.15, 0.2) is 0 Å². The smallest absolute Gasteiger partial charge is 0.262 e. The molecule has 0 aliphatic rings. The summed E-state index contributed by atoms with van der Waals surface area (Å²) in [6.07, 6.45) is 0. The first kappa shape index (κ1) is 10.2. The fraction of sp³-hybridized carbons (Fsp3) is 0. The Morgan fingerprint density at radius 1 is 1.50 bits per heavy atom. The summed E-state index contributed by atoms with van der Waals surface area (Å²) < 4.78 is -0.889. The zero-order chi connectivity index (χ0) is 7.98. The molecule has 1 aromatic heterocycles. The van der Waals surface area contributed by atoms with E-state index in [0.29, 0.717) is 0 Å². The second-order valence-corrected chi connectivity index (χ2v) is 3.26. The van der Waals surface area contributed by atoms with Crippen LogP contribution in [0.3, 0.4) is 0 Å². The molecular weight excluding hydrogens is 214 g/mol. The average Bonchev–Trinajstić information content (AvgIpc) is 2.15. The largest absolute Gasteiger partial charge is 0.313 e. The van der Waals surface area contributed by atoms with Gasteiger partial charge in [0.05, 0.1) is 5.02 Å². The quantitative estimate of drug-likeness (QED) is 0.601. The highest BCUT2D eigenvalue weighted by Gasteiger charge is 1.77. The van der Waals surface area contributed by atoms with Crippen molar-refractivity contribution in [2.24, 2.45) is 0 Å². The van der Waals surface area contributed by atoms with E-state index in [1.165, 1.54) is 0 Å². The zero-order valence-corrected chi connectivity index (χ0v) is 7.77. The molecule has 0 N–H and O–H groups in total. The molecule has 0 atom stereocenters. The highest BCUT2D eigenvalue weighted by atomic mass is 35.5. The van der Waals surface area contributed by atoms with Crippen LogP contribution in [0, 0.1) is 0 Å². The molecule has 0 fully saturated rings. The van der Waals surface area contributed by atoms with Gasteiger partial charge < -0.3 is 0 Å². The Labute approximate surface area is 77.5 Å². The number of carbonyl (C=O) groups excluding carboxylic acids is 1. The zero-order valence-electron chi connectivity index (χ0n) is 4.68. The van der Waals surface area contributed by atoms with Crippen molar-refractivity contribution in [3.05, 3.63) is 21.8 Å². The second kappa shape index (κ2) is 5.98. The minimum atomic E-state index is -0.889. The van der Waals surface area contributed by atoms with E-state index < -0.39 is 4.70 Å². The normalized spacial score (nSPS) is 7.90. The SMILES string of the molecule is Clc1ccsc1.O=C(Cl)Cl. The van der Waals surface area contributed by atoms with Crippen molar-refractivity contribution in [2.75, 3.05) is 0 Å². The lowest BCUT2D eigenvalue weighted by Gasteiger charge is -1.61. The first-order valence-corrected chi connectivity index (χ1v) is 4.23. The van der Waals surface area contributed by atoms with E-state index in [1.807, 2.05) is 16.8 Å². The van der Waals surface area contributed by atoms with Gasteiger partial charge in [-0.25, -0.2) is 0 Å². The number of halogens is 3. The maximum absolute atomic E-state index is 8.98. The molecule has 0 saturated carbocycles. The van der Waals surface area contributed by atoms with Gasteiger partial charge in [-0.3, -0.25) is 4.79 Å². The van der Waals surface area contributed by atoms with Crippen molar-refractivity contribution >= 4 is 50.8 Å². The molecule has 1 nitrogen and oxygen atoms in total. The van der Waals surface area contributed by atoms with E-state index in [0.717, 1.165) is 5.02 Å². The first-order chi connectivity index (χ1) is 4.63. The fourth-order valence-corrected chi connectivity index (χ4v) is 1.05. The van der Waals surface area contributed by atoms with Crippen LogP contribution in [-0.2, 0) is 0 Å². The number of hydrogen-bond acceptors (Lipinski definition) is 2. The lowest BCUT2D eigenvalue weighted by molar-refractivity contribution is 0.275. The third-order valence-electron chi connectivity index (χ3n) is 0.486. The molecule has 0 bridgehead atoms. The molecule has 1 rings (SSSR count). The van der Waals surface area contributed by atoms with Crippen LogP contribution in [0.1, 0.15) is 0 Å². The molecule has 0 aromatic carbocycles. The Kier molecular flexibility index (Phi) is 6.13. The molecule has 10 heavy (non-hydrogen) atoms. The standard InChI is InChI=1S/C4H3ClS.CCl2O/c5-4-1-2-6-3-4;2-1(3)4/h1-3H;. The van der Waals surface area contributed by atoms with E-state index in [9.17, 15) is 0 Å². The van der Waals surface area contributed by atoms with Gasteiger partial charge >= 0.3 is 4.70 Å². The first-order valence-electron chi connectivity index (χ1n) is 2.15. The number of thiophene rings is 1. The summed E-state index contributed by atoms with van der Waals surface area (Å²) in [6, 6.07) is 1.87. The minimum absolute atomic E-state index is 0.833. The molecule has 5 heteroatoms. The van der Waals surface area contributed by atoms with Crippen molar-refractivity contribution in [1.82, 2.24) is 0 Å². The molecule has 56 valence electrons. The van der Waals surface area contributed by atoms with Crippen LogP contribution in [0.5, 0.6) is 0 Å². The van der Waals surface area contributed by atoms with Crippen molar-refractivity contribution < 1.29 is 4.79 Å². The Hall–Kier alpha value is 0.240. The lowest BCUT2D eigenvalue weighted by Crippen LogP contribution is -1.46. The van der Waals surface area contributed by atoms with Crippen LogP contribution in [-0.4, -0.2) is 4.70 Å². The third-order valence-corrected chi connectivity index (χ3v) is 1.53. The Morgan fingerprint density at radius 3 is 2.10 bits per heavy atom. The number of hydrogen-bond donors (Lipinski definition) is 0. The van der Waals surface area contributed by atoms with Crippen LogP contribution in [0.2, 0.25) is 5.02 Å². The molecular formula is C5H3Cl3OS. The van der Waals surface area contributed by atoms with E-state index >= 15 is 0 Å². The Morgan fingerprint density at radius 2 is 2.00 bits per heavy atom. The van der Waals surface area contributed by atoms with Crippen molar-refractivity contribution in [1.29, 1.82) is 0 Å². The van der Waals surface area contributed by atoms with Gasteiger partial charge in [-0.15, -0.1) is 0 Å². The number of rotatable bonds is 0. The maximum atomic E-state index is 8.98.